The van der Waals surface area contributed by atoms with E-state index < -0.39 is 42.1 Å². The topological polar surface area (TPSA) is 34.1 Å². The molecular formula is C16H11ClF6N2O. The predicted molar refractivity (Wildman–Crippen MR) is 82.4 cm³/mol. The summed E-state index contributed by atoms with van der Waals surface area (Å²) in [5.74, 6) is -0.147. The van der Waals surface area contributed by atoms with E-state index in [2.05, 4.69) is 10.3 Å². The maximum Gasteiger partial charge on any atom is 0.426 e. The molecule has 0 aliphatic carbocycles. The molecule has 1 unspecified atom stereocenters. The van der Waals surface area contributed by atoms with Gasteiger partial charge in [0.05, 0.1) is 13.0 Å². The van der Waals surface area contributed by atoms with Gasteiger partial charge in [0, 0.05) is 28.0 Å². The first-order valence-electron chi connectivity index (χ1n) is 7.34. The lowest BCUT2D eigenvalue weighted by Gasteiger charge is -2.41. The highest BCUT2D eigenvalue weighted by Gasteiger charge is 2.62. The summed E-state index contributed by atoms with van der Waals surface area (Å²) in [5, 5.41) is 2.72. The minimum absolute atomic E-state index is 0.00457. The number of pyridine rings is 1. The van der Waals surface area contributed by atoms with Gasteiger partial charge in [0.15, 0.2) is 0 Å². The Morgan fingerprint density at radius 2 is 1.81 bits per heavy atom. The summed E-state index contributed by atoms with van der Waals surface area (Å²) in [4.78, 5) is 3.86. The maximum absolute atomic E-state index is 14.2. The Morgan fingerprint density at radius 3 is 2.46 bits per heavy atom. The second-order valence-corrected chi connectivity index (χ2v) is 6.04. The molecule has 1 aliphatic rings. The van der Waals surface area contributed by atoms with Gasteiger partial charge in [0.25, 0.3) is 0 Å². The van der Waals surface area contributed by atoms with Crippen molar-refractivity contribution in [3.8, 4) is 0 Å². The van der Waals surface area contributed by atoms with Crippen molar-refractivity contribution >= 4 is 23.1 Å². The van der Waals surface area contributed by atoms with E-state index in [9.17, 15) is 26.3 Å². The monoisotopic (exact) mass is 396 g/mol. The summed E-state index contributed by atoms with van der Waals surface area (Å²) in [7, 11) is 0. The first-order chi connectivity index (χ1) is 12.0. The van der Waals surface area contributed by atoms with Gasteiger partial charge in [-0.1, -0.05) is 17.7 Å². The predicted octanol–water partition coefficient (Wildman–Crippen LogP) is 5.57. The van der Waals surface area contributed by atoms with E-state index in [1.165, 1.54) is 24.4 Å². The molecule has 3 rings (SSSR count). The molecule has 2 heterocycles. The Balaban J connectivity index is 2.20. The Bertz CT molecular complexity index is 823. The summed E-state index contributed by atoms with van der Waals surface area (Å²) < 4.78 is 85.0. The van der Waals surface area contributed by atoms with E-state index in [1.807, 2.05) is 0 Å². The average Bonchev–Trinajstić information content (AvgIpc) is 2.52. The van der Waals surface area contributed by atoms with Crippen LogP contribution in [0.15, 0.2) is 36.5 Å². The molecule has 0 amide bonds. The first-order valence-corrected chi connectivity index (χ1v) is 7.72. The van der Waals surface area contributed by atoms with E-state index in [1.54, 1.807) is 0 Å². The lowest BCUT2D eigenvalue weighted by atomic mass is 9.82. The van der Waals surface area contributed by atoms with Crippen molar-refractivity contribution in [2.75, 3.05) is 11.9 Å². The molecule has 1 aromatic heterocycles. The van der Waals surface area contributed by atoms with Crippen molar-refractivity contribution < 1.29 is 31.1 Å². The molecule has 0 saturated carbocycles. The van der Waals surface area contributed by atoms with Crippen molar-refractivity contribution in [3.63, 3.8) is 0 Å². The third-order valence-electron chi connectivity index (χ3n) is 3.90. The van der Waals surface area contributed by atoms with E-state index in [0.29, 0.717) is 0 Å². The van der Waals surface area contributed by atoms with Gasteiger partial charge in [0.1, 0.15) is 5.82 Å². The molecule has 1 aromatic carbocycles. The number of nitrogens with zero attached hydrogens (tertiary/aromatic N) is 1. The largest absolute Gasteiger partial charge is 0.426 e. The lowest BCUT2D eigenvalue weighted by molar-refractivity contribution is -0.273. The van der Waals surface area contributed by atoms with Gasteiger partial charge >= 0.3 is 12.4 Å². The van der Waals surface area contributed by atoms with Crippen molar-refractivity contribution in [2.24, 2.45) is 0 Å². The number of ether oxygens (including phenoxy) is 1. The van der Waals surface area contributed by atoms with Gasteiger partial charge < -0.3 is 10.1 Å². The van der Waals surface area contributed by atoms with Crippen LogP contribution in [0.1, 0.15) is 17.5 Å². The molecule has 10 heteroatoms. The highest BCUT2D eigenvalue weighted by Crippen LogP contribution is 2.54. The molecule has 0 saturated heterocycles. The molecule has 0 bridgehead atoms. The molecule has 3 nitrogen and oxygen atoms in total. The Kier molecular flexibility index (Phi) is 4.56. The number of rotatable bonds is 3. The molecule has 0 spiro atoms. The third kappa shape index (κ3) is 3.21. The molecule has 0 radical (unpaired) electrons. The van der Waals surface area contributed by atoms with Crippen molar-refractivity contribution in [1.29, 1.82) is 0 Å². The van der Waals surface area contributed by atoms with Crippen LogP contribution in [-0.2, 0) is 10.3 Å². The Morgan fingerprint density at radius 1 is 1.08 bits per heavy atom. The standard InChI is InChI=1S/C16H11ClF6N2O/c17-9-3-4-12-11(8-9)15(16(21,22)23,26-7-5-14(18,19)20)10-2-1-6-24-13(10)25-12/h1-4,6,8H,5,7H2,(H,24,25). The number of hydrogen-bond acceptors (Lipinski definition) is 3. The van der Waals surface area contributed by atoms with Crippen LogP contribution in [0.5, 0.6) is 0 Å². The molecule has 2 aromatic rings. The highest BCUT2D eigenvalue weighted by atomic mass is 35.5. The van der Waals surface area contributed by atoms with E-state index >= 15 is 0 Å². The molecule has 1 aliphatic heterocycles. The summed E-state index contributed by atoms with van der Waals surface area (Å²) in [6, 6.07) is 6.05. The second kappa shape index (κ2) is 6.31. The lowest BCUT2D eigenvalue weighted by Crippen LogP contribution is -2.48. The van der Waals surface area contributed by atoms with E-state index in [0.717, 1.165) is 12.1 Å². The van der Waals surface area contributed by atoms with Gasteiger partial charge in [-0.2, -0.15) is 26.3 Å². The fourth-order valence-corrected chi connectivity index (χ4v) is 3.01. The zero-order chi connectivity index (χ0) is 19.2. The minimum Gasteiger partial charge on any atom is -0.356 e. The number of benzene rings is 1. The number of fused-ring (bicyclic) bond motifs is 2. The number of nitrogens with one attached hydrogen (secondary N) is 1. The highest BCUT2D eigenvalue weighted by molar-refractivity contribution is 6.30. The Labute approximate surface area is 148 Å². The van der Waals surface area contributed by atoms with Gasteiger partial charge in [-0.25, -0.2) is 4.98 Å². The van der Waals surface area contributed by atoms with Crippen LogP contribution in [0, 0.1) is 0 Å². The van der Waals surface area contributed by atoms with Crippen molar-refractivity contribution in [1.82, 2.24) is 4.98 Å². The smallest absolute Gasteiger partial charge is 0.356 e. The van der Waals surface area contributed by atoms with Gasteiger partial charge in [-0.3, -0.25) is 0 Å². The molecule has 26 heavy (non-hydrogen) atoms. The van der Waals surface area contributed by atoms with Gasteiger partial charge in [-0.15, -0.1) is 0 Å². The van der Waals surface area contributed by atoms with Crippen LogP contribution in [0.25, 0.3) is 0 Å². The van der Waals surface area contributed by atoms with Crippen LogP contribution in [0.2, 0.25) is 5.02 Å². The van der Waals surface area contributed by atoms with Crippen LogP contribution < -0.4 is 5.32 Å². The Hall–Kier alpha value is -2.00. The fourth-order valence-electron chi connectivity index (χ4n) is 2.84. The normalized spacial score (nSPS) is 19.5. The minimum atomic E-state index is -5.06. The number of halogens is 7. The summed E-state index contributed by atoms with van der Waals surface area (Å²) in [6.45, 7) is -1.18. The second-order valence-electron chi connectivity index (χ2n) is 5.61. The van der Waals surface area contributed by atoms with E-state index in [-0.39, 0.29) is 16.5 Å². The molecule has 140 valence electrons. The summed E-state index contributed by atoms with van der Waals surface area (Å²) in [5.41, 5.74) is -3.96. The number of aromatic nitrogens is 1. The SMILES string of the molecule is FC(F)(F)CCOC1(C(F)(F)F)c2cc(Cl)ccc2Nc2ncccc21. The molecule has 1 atom stereocenters. The fraction of sp³-hybridized carbons (Fsp3) is 0.312. The molecule has 0 fully saturated rings. The van der Waals surface area contributed by atoms with E-state index in [4.69, 9.17) is 16.3 Å². The zero-order valence-electron chi connectivity index (χ0n) is 12.9. The summed E-state index contributed by atoms with van der Waals surface area (Å²) in [6.07, 6.45) is -9.97. The van der Waals surface area contributed by atoms with Crippen LogP contribution in [0.3, 0.4) is 0 Å². The number of anilines is 2. The quantitative estimate of drug-likeness (QED) is 0.689. The van der Waals surface area contributed by atoms with Crippen molar-refractivity contribution in [2.45, 2.75) is 24.4 Å². The first kappa shape index (κ1) is 18.8. The zero-order valence-corrected chi connectivity index (χ0v) is 13.6. The summed E-state index contributed by atoms with van der Waals surface area (Å²) >= 11 is 5.84. The van der Waals surface area contributed by atoms with Crippen LogP contribution in [-0.4, -0.2) is 23.9 Å². The molecule has 1 N–H and O–H groups in total. The number of hydrogen-bond donors (Lipinski definition) is 1. The van der Waals surface area contributed by atoms with Gasteiger partial charge in [-0.05, 0) is 24.3 Å². The van der Waals surface area contributed by atoms with Crippen LogP contribution in [0.4, 0.5) is 37.8 Å². The van der Waals surface area contributed by atoms with Crippen LogP contribution >= 0.6 is 11.6 Å². The van der Waals surface area contributed by atoms with Gasteiger partial charge in [0.2, 0.25) is 5.60 Å². The average molecular weight is 397 g/mol. The van der Waals surface area contributed by atoms with Crippen molar-refractivity contribution in [3.05, 3.63) is 52.7 Å². The molecular weight excluding hydrogens is 386 g/mol. The number of alkyl halides is 6. The third-order valence-corrected chi connectivity index (χ3v) is 4.14. The maximum atomic E-state index is 14.2.